The van der Waals surface area contributed by atoms with E-state index >= 15 is 0 Å². The topological polar surface area (TPSA) is 41.6 Å². The molecule has 1 aliphatic heterocycles. The van der Waals surface area contributed by atoms with Gasteiger partial charge in [-0.3, -0.25) is 4.79 Å². The van der Waals surface area contributed by atoms with Crippen LogP contribution in [0.25, 0.3) is 0 Å². The van der Waals surface area contributed by atoms with E-state index in [-0.39, 0.29) is 35.4 Å². The summed E-state index contributed by atoms with van der Waals surface area (Å²) in [5, 5.41) is 3.43. The summed E-state index contributed by atoms with van der Waals surface area (Å²) in [6.07, 6.45) is 1.53. The minimum absolute atomic E-state index is 0. The van der Waals surface area contributed by atoms with Gasteiger partial charge in [0.05, 0.1) is 5.60 Å². The maximum absolute atomic E-state index is 12.5. The van der Waals surface area contributed by atoms with Crippen LogP contribution >= 0.6 is 24.2 Å². The maximum atomic E-state index is 12.5. The predicted molar refractivity (Wildman–Crippen MR) is 91.4 cm³/mol. The molecule has 1 N–H and O–H groups in total. The Bertz CT molecular complexity index is 375. The summed E-state index contributed by atoms with van der Waals surface area (Å²) >= 11 is 1.93. The molecular formula is C15H29ClN2O2S. The predicted octanol–water partition coefficient (Wildman–Crippen LogP) is 2.17. The van der Waals surface area contributed by atoms with E-state index in [9.17, 15) is 4.79 Å². The lowest BCUT2D eigenvalue weighted by atomic mass is 9.55. The smallest absolute Gasteiger partial charge is 0.224 e. The zero-order valence-electron chi connectivity index (χ0n) is 13.8. The average Bonchev–Trinajstić information content (AvgIpc) is 2.44. The van der Waals surface area contributed by atoms with Crippen molar-refractivity contribution in [3.63, 3.8) is 0 Å². The highest BCUT2D eigenvalue weighted by molar-refractivity contribution is 7.99. The van der Waals surface area contributed by atoms with Crippen molar-refractivity contribution in [1.29, 1.82) is 0 Å². The van der Waals surface area contributed by atoms with Crippen LogP contribution in [0, 0.1) is 5.41 Å². The first-order valence-electron chi connectivity index (χ1n) is 7.44. The van der Waals surface area contributed by atoms with Crippen molar-refractivity contribution in [3.8, 4) is 0 Å². The number of amides is 1. The molecule has 0 aromatic carbocycles. The molecule has 3 atom stereocenters. The molecule has 0 aromatic rings. The molecule has 1 saturated carbocycles. The molecule has 0 bridgehead atoms. The fraction of sp³-hybridized carbons (Fsp3) is 0.933. The van der Waals surface area contributed by atoms with Gasteiger partial charge >= 0.3 is 0 Å². The van der Waals surface area contributed by atoms with E-state index in [1.165, 1.54) is 0 Å². The number of hydrogen-bond donors (Lipinski definition) is 1. The van der Waals surface area contributed by atoms with E-state index in [2.05, 4.69) is 26.1 Å². The van der Waals surface area contributed by atoms with Gasteiger partial charge in [0.1, 0.15) is 0 Å². The lowest BCUT2D eigenvalue weighted by Crippen LogP contribution is -2.68. The second-order valence-electron chi connectivity index (χ2n) is 6.81. The zero-order valence-corrected chi connectivity index (χ0v) is 15.4. The zero-order chi connectivity index (χ0) is 15.0. The summed E-state index contributed by atoms with van der Waals surface area (Å²) in [6, 6.07) is 0.608. The highest BCUT2D eigenvalue weighted by Crippen LogP contribution is 2.53. The minimum Gasteiger partial charge on any atom is -0.378 e. The quantitative estimate of drug-likeness (QED) is 0.854. The number of nitrogens with one attached hydrogen (secondary N) is 1. The van der Waals surface area contributed by atoms with Gasteiger partial charge in [-0.05, 0) is 13.3 Å². The SMILES string of the molecule is COC1(C)CC(N(C)C(=O)CC2CSCCN2)C1(C)C.Cl. The van der Waals surface area contributed by atoms with Crippen molar-refractivity contribution in [2.45, 2.75) is 51.3 Å². The Morgan fingerprint density at radius 3 is 2.57 bits per heavy atom. The molecule has 2 fully saturated rings. The largest absolute Gasteiger partial charge is 0.378 e. The number of carbonyl (C=O) groups excluding carboxylic acids is 1. The average molecular weight is 337 g/mol. The highest BCUT2D eigenvalue weighted by Gasteiger charge is 2.59. The number of rotatable bonds is 4. The summed E-state index contributed by atoms with van der Waals surface area (Å²) in [6.45, 7) is 7.55. The Labute approximate surface area is 139 Å². The minimum atomic E-state index is -0.120. The van der Waals surface area contributed by atoms with E-state index in [1.54, 1.807) is 7.11 Å². The van der Waals surface area contributed by atoms with Crippen molar-refractivity contribution in [2.75, 3.05) is 32.2 Å². The fourth-order valence-electron chi connectivity index (χ4n) is 3.36. The van der Waals surface area contributed by atoms with E-state index in [0.717, 1.165) is 24.5 Å². The van der Waals surface area contributed by atoms with Gasteiger partial charge in [-0.2, -0.15) is 11.8 Å². The lowest BCUT2D eigenvalue weighted by Gasteiger charge is -2.61. The summed E-state index contributed by atoms with van der Waals surface area (Å²) in [7, 11) is 3.71. The molecule has 3 unspecified atom stereocenters. The molecule has 1 aliphatic carbocycles. The third kappa shape index (κ3) is 3.52. The van der Waals surface area contributed by atoms with Gasteiger partial charge in [-0.25, -0.2) is 0 Å². The molecule has 1 saturated heterocycles. The van der Waals surface area contributed by atoms with Crippen molar-refractivity contribution in [1.82, 2.24) is 10.2 Å². The standard InChI is InChI=1S/C15H28N2O2S.ClH/c1-14(2)12(9-15(14,3)19-5)17(4)13(18)8-11-10-20-7-6-16-11;/h11-12,16H,6-10H2,1-5H3;1H. The van der Waals surface area contributed by atoms with Crippen LogP contribution in [0.1, 0.15) is 33.6 Å². The van der Waals surface area contributed by atoms with E-state index in [4.69, 9.17) is 4.74 Å². The molecule has 6 heteroatoms. The van der Waals surface area contributed by atoms with Crippen LogP contribution < -0.4 is 5.32 Å². The van der Waals surface area contributed by atoms with Gasteiger partial charge < -0.3 is 15.0 Å². The number of hydrogen-bond acceptors (Lipinski definition) is 4. The van der Waals surface area contributed by atoms with Gasteiger partial charge in [0, 0.05) is 56.1 Å². The first-order chi connectivity index (χ1) is 9.32. The molecule has 1 amide bonds. The monoisotopic (exact) mass is 336 g/mol. The van der Waals surface area contributed by atoms with Crippen LogP contribution in [-0.4, -0.2) is 60.7 Å². The summed E-state index contributed by atoms with van der Waals surface area (Å²) in [4.78, 5) is 14.4. The molecule has 124 valence electrons. The van der Waals surface area contributed by atoms with Gasteiger partial charge in [-0.15, -0.1) is 12.4 Å². The van der Waals surface area contributed by atoms with Gasteiger partial charge in [0.15, 0.2) is 0 Å². The Morgan fingerprint density at radius 1 is 1.43 bits per heavy atom. The molecule has 4 nitrogen and oxygen atoms in total. The molecule has 0 radical (unpaired) electrons. The van der Waals surface area contributed by atoms with Gasteiger partial charge in [0.25, 0.3) is 0 Å². The van der Waals surface area contributed by atoms with Crippen molar-refractivity contribution in [3.05, 3.63) is 0 Å². The number of halogens is 1. The Balaban J connectivity index is 0.00000220. The molecule has 21 heavy (non-hydrogen) atoms. The summed E-state index contributed by atoms with van der Waals surface area (Å²) in [5.41, 5.74) is -0.119. The van der Waals surface area contributed by atoms with Crippen LogP contribution in [0.3, 0.4) is 0 Å². The lowest BCUT2D eigenvalue weighted by molar-refractivity contribution is -0.207. The molecule has 0 spiro atoms. The van der Waals surface area contributed by atoms with Gasteiger partial charge in [0.2, 0.25) is 5.91 Å². The maximum Gasteiger partial charge on any atom is 0.224 e. The van der Waals surface area contributed by atoms with Crippen molar-refractivity contribution >= 4 is 30.1 Å². The third-order valence-electron chi connectivity index (χ3n) is 5.51. The van der Waals surface area contributed by atoms with Crippen molar-refractivity contribution < 1.29 is 9.53 Å². The van der Waals surface area contributed by atoms with Crippen LogP contribution in [0.4, 0.5) is 0 Å². The fourth-order valence-corrected chi connectivity index (χ4v) is 4.30. The van der Waals surface area contributed by atoms with E-state index in [0.29, 0.717) is 12.5 Å². The molecule has 2 rings (SSSR count). The van der Waals surface area contributed by atoms with E-state index in [1.807, 2.05) is 23.7 Å². The first kappa shape index (κ1) is 19.1. The Morgan fingerprint density at radius 2 is 2.10 bits per heavy atom. The number of ether oxygens (including phenoxy) is 1. The summed E-state index contributed by atoms with van der Waals surface area (Å²) in [5.74, 6) is 2.45. The number of nitrogens with zero attached hydrogens (tertiary/aromatic N) is 1. The number of methoxy groups -OCH3 is 1. The first-order valence-corrected chi connectivity index (χ1v) is 8.59. The highest BCUT2D eigenvalue weighted by atomic mass is 35.5. The van der Waals surface area contributed by atoms with Gasteiger partial charge in [-0.1, -0.05) is 13.8 Å². The Kier molecular flexibility index (Phi) is 6.42. The molecule has 0 aromatic heterocycles. The summed E-state index contributed by atoms with van der Waals surface area (Å²) < 4.78 is 5.65. The molecular weight excluding hydrogens is 308 g/mol. The molecule has 1 heterocycles. The second kappa shape index (κ2) is 7.07. The van der Waals surface area contributed by atoms with Crippen molar-refractivity contribution in [2.24, 2.45) is 5.41 Å². The number of carbonyl (C=O) groups is 1. The second-order valence-corrected chi connectivity index (χ2v) is 7.96. The van der Waals surface area contributed by atoms with Crippen LogP contribution in [0.5, 0.6) is 0 Å². The Hall–Kier alpha value is 0.0300. The van der Waals surface area contributed by atoms with Crippen LogP contribution in [0.15, 0.2) is 0 Å². The molecule has 2 aliphatic rings. The van der Waals surface area contributed by atoms with Crippen LogP contribution in [0.2, 0.25) is 0 Å². The van der Waals surface area contributed by atoms with Crippen LogP contribution in [-0.2, 0) is 9.53 Å². The third-order valence-corrected chi connectivity index (χ3v) is 6.64. The number of thioether (sulfide) groups is 1. The normalized spacial score (nSPS) is 34.5. The van der Waals surface area contributed by atoms with E-state index < -0.39 is 0 Å².